The van der Waals surface area contributed by atoms with Gasteiger partial charge >= 0.3 is 0 Å². The highest BCUT2D eigenvalue weighted by molar-refractivity contribution is 6.00. The van der Waals surface area contributed by atoms with E-state index in [1.165, 1.54) is 0 Å². The monoisotopic (exact) mass is 360 g/mol. The Morgan fingerprint density at radius 1 is 1.19 bits per heavy atom. The first kappa shape index (κ1) is 17.5. The number of nitrogens with one attached hydrogen (secondary N) is 1. The van der Waals surface area contributed by atoms with Crippen LogP contribution in [0.2, 0.25) is 0 Å². The standard InChI is InChI=1S/C23H24N2O2/c1-2-3-8-20-9-5-12-25(20)23(27)18-7-4-6-16(13-18)17-10-11-21-19(14-17)15-22(26)24-21/h4-7,9-11,13-14,20H,2-3,8,12,15H2,1H3,(H,24,26)/t20-/m1/s1. The highest BCUT2D eigenvalue weighted by Gasteiger charge is 2.25. The van der Waals surface area contributed by atoms with Crippen LogP contribution >= 0.6 is 0 Å². The van der Waals surface area contributed by atoms with Crippen molar-refractivity contribution < 1.29 is 9.59 Å². The van der Waals surface area contributed by atoms with E-state index in [0.717, 1.165) is 41.6 Å². The molecule has 0 spiro atoms. The van der Waals surface area contributed by atoms with Gasteiger partial charge in [0.15, 0.2) is 0 Å². The van der Waals surface area contributed by atoms with Crippen LogP contribution in [-0.4, -0.2) is 29.3 Å². The number of carbonyl (C=O) groups is 2. The number of anilines is 1. The quantitative estimate of drug-likeness (QED) is 0.803. The van der Waals surface area contributed by atoms with Crippen molar-refractivity contribution in [3.8, 4) is 11.1 Å². The zero-order valence-corrected chi connectivity index (χ0v) is 15.6. The summed E-state index contributed by atoms with van der Waals surface area (Å²) in [5, 5.41) is 2.86. The fourth-order valence-electron chi connectivity index (χ4n) is 3.88. The van der Waals surface area contributed by atoms with Crippen molar-refractivity contribution >= 4 is 17.5 Å². The van der Waals surface area contributed by atoms with E-state index in [1.54, 1.807) is 0 Å². The molecule has 0 saturated heterocycles. The molecule has 0 unspecified atom stereocenters. The lowest BCUT2D eigenvalue weighted by molar-refractivity contribution is -0.115. The zero-order valence-electron chi connectivity index (χ0n) is 15.6. The molecule has 138 valence electrons. The van der Waals surface area contributed by atoms with Crippen LogP contribution in [-0.2, 0) is 11.2 Å². The van der Waals surface area contributed by atoms with Gasteiger partial charge < -0.3 is 10.2 Å². The minimum atomic E-state index is 0.0331. The molecule has 2 aliphatic heterocycles. The van der Waals surface area contributed by atoms with Crippen LogP contribution in [0.15, 0.2) is 54.6 Å². The summed E-state index contributed by atoms with van der Waals surface area (Å²) in [6.07, 6.45) is 7.94. The molecule has 2 aliphatic rings. The fourth-order valence-corrected chi connectivity index (χ4v) is 3.88. The topological polar surface area (TPSA) is 49.4 Å². The predicted octanol–water partition coefficient (Wildman–Crippen LogP) is 4.42. The first-order valence-corrected chi connectivity index (χ1v) is 9.66. The number of carbonyl (C=O) groups excluding carboxylic acids is 2. The van der Waals surface area contributed by atoms with Gasteiger partial charge in [0.25, 0.3) is 5.91 Å². The average Bonchev–Trinajstić information content (AvgIpc) is 3.30. The Morgan fingerprint density at radius 2 is 2.04 bits per heavy atom. The van der Waals surface area contributed by atoms with Gasteiger partial charge in [-0.05, 0) is 47.4 Å². The minimum absolute atomic E-state index is 0.0331. The third-order valence-corrected chi connectivity index (χ3v) is 5.35. The summed E-state index contributed by atoms with van der Waals surface area (Å²) in [7, 11) is 0. The number of amides is 2. The highest BCUT2D eigenvalue weighted by atomic mass is 16.2. The number of rotatable bonds is 5. The van der Waals surface area contributed by atoms with Gasteiger partial charge in [0, 0.05) is 17.8 Å². The lowest BCUT2D eigenvalue weighted by Crippen LogP contribution is -2.36. The molecule has 0 saturated carbocycles. The molecule has 1 N–H and O–H groups in total. The first-order chi connectivity index (χ1) is 13.2. The van der Waals surface area contributed by atoms with Gasteiger partial charge in [-0.2, -0.15) is 0 Å². The normalized spacial score (nSPS) is 17.9. The third kappa shape index (κ3) is 3.52. The summed E-state index contributed by atoms with van der Waals surface area (Å²) in [5.74, 6) is 0.117. The van der Waals surface area contributed by atoms with Crippen molar-refractivity contribution in [3.05, 3.63) is 65.7 Å². The molecule has 0 radical (unpaired) electrons. The maximum Gasteiger partial charge on any atom is 0.254 e. The molecule has 4 nitrogen and oxygen atoms in total. The van der Waals surface area contributed by atoms with Crippen LogP contribution < -0.4 is 5.32 Å². The van der Waals surface area contributed by atoms with Gasteiger partial charge in [0.2, 0.25) is 5.91 Å². The number of nitrogens with zero attached hydrogens (tertiary/aromatic N) is 1. The van der Waals surface area contributed by atoms with Gasteiger partial charge in [-0.15, -0.1) is 0 Å². The number of benzene rings is 2. The van der Waals surface area contributed by atoms with Crippen LogP contribution in [0, 0.1) is 0 Å². The van der Waals surface area contributed by atoms with Crippen LogP contribution in [0.5, 0.6) is 0 Å². The summed E-state index contributed by atoms with van der Waals surface area (Å²) < 4.78 is 0. The summed E-state index contributed by atoms with van der Waals surface area (Å²) in [6.45, 7) is 2.86. The number of hydrogen-bond acceptors (Lipinski definition) is 2. The molecule has 0 aromatic heterocycles. The fraction of sp³-hybridized carbons (Fsp3) is 0.304. The maximum atomic E-state index is 13.1. The Labute approximate surface area is 159 Å². The van der Waals surface area contributed by atoms with Crippen LogP contribution in [0.4, 0.5) is 5.69 Å². The van der Waals surface area contributed by atoms with Gasteiger partial charge in [-0.1, -0.05) is 50.1 Å². The Hall–Kier alpha value is -2.88. The Kier molecular flexibility index (Phi) is 4.80. The molecular weight excluding hydrogens is 336 g/mol. The number of unbranched alkanes of at least 4 members (excludes halogenated alkanes) is 1. The van der Waals surface area contributed by atoms with E-state index in [1.807, 2.05) is 47.4 Å². The van der Waals surface area contributed by atoms with Crippen LogP contribution in [0.25, 0.3) is 11.1 Å². The molecule has 2 aromatic carbocycles. The van der Waals surface area contributed by atoms with E-state index in [2.05, 4.69) is 24.4 Å². The van der Waals surface area contributed by atoms with Gasteiger partial charge in [0.1, 0.15) is 0 Å². The number of hydrogen-bond donors (Lipinski definition) is 1. The maximum absolute atomic E-state index is 13.1. The van der Waals surface area contributed by atoms with Crippen molar-refractivity contribution in [1.29, 1.82) is 0 Å². The lowest BCUT2D eigenvalue weighted by atomic mass is 9.99. The van der Waals surface area contributed by atoms with Crippen molar-refractivity contribution in [2.75, 3.05) is 11.9 Å². The highest BCUT2D eigenvalue weighted by Crippen LogP contribution is 2.30. The lowest BCUT2D eigenvalue weighted by Gasteiger charge is -2.25. The molecular formula is C23H24N2O2. The smallest absolute Gasteiger partial charge is 0.254 e. The van der Waals surface area contributed by atoms with E-state index in [9.17, 15) is 9.59 Å². The summed E-state index contributed by atoms with van der Waals surface area (Å²) in [5.41, 5.74) is 4.64. The predicted molar refractivity (Wildman–Crippen MR) is 108 cm³/mol. The largest absolute Gasteiger partial charge is 0.328 e. The molecule has 2 heterocycles. The van der Waals surface area contributed by atoms with Gasteiger partial charge in [0.05, 0.1) is 12.5 Å². The summed E-state index contributed by atoms with van der Waals surface area (Å²) in [6, 6.07) is 14.0. The minimum Gasteiger partial charge on any atom is -0.328 e. The second-order valence-corrected chi connectivity index (χ2v) is 7.27. The molecule has 0 fully saturated rings. The molecule has 2 amide bonds. The van der Waals surface area contributed by atoms with Crippen LogP contribution in [0.3, 0.4) is 0 Å². The van der Waals surface area contributed by atoms with E-state index in [4.69, 9.17) is 0 Å². The molecule has 0 bridgehead atoms. The molecule has 1 atom stereocenters. The molecule has 27 heavy (non-hydrogen) atoms. The second kappa shape index (κ2) is 7.39. The molecule has 0 aliphatic carbocycles. The Balaban J connectivity index is 1.57. The molecule has 2 aromatic rings. The summed E-state index contributed by atoms with van der Waals surface area (Å²) >= 11 is 0. The van der Waals surface area contributed by atoms with Gasteiger partial charge in [-0.25, -0.2) is 0 Å². The third-order valence-electron chi connectivity index (χ3n) is 5.35. The van der Waals surface area contributed by atoms with Crippen molar-refractivity contribution in [1.82, 2.24) is 4.90 Å². The van der Waals surface area contributed by atoms with Crippen molar-refractivity contribution in [3.63, 3.8) is 0 Å². The van der Waals surface area contributed by atoms with Crippen LogP contribution in [0.1, 0.15) is 42.1 Å². The first-order valence-electron chi connectivity index (χ1n) is 9.66. The van der Waals surface area contributed by atoms with E-state index in [0.29, 0.717) is 18.5 Å². The number of fused-ring (bicyclic) bond motifs is 1. The zero-order chi connectivity index (χ0) is 18.8. The van der Waals surface area contributed by atoms with Crippen molar-refractivity contribution in [2.45, 2.75) is 38.6 Å². The molecule has 4 heteroatoms. The van der Waals surface area contributed by atoms with Crippen molar-refractivity contribution in [2.24, 2.45) is 0 Å². The Bertz CT molecular complexity index is 916. The summed E-state index contributed by atoms with van der Waals surface area (Å²) in [4.78, 5) is 26.6. The average molecular weight is 360 g/mol. The molecule has 4 rings (SSSR count). The second-order valence-electron chi connectivity index (χ2n) is 7.27. The van der Waals surface area contributed by atoms with Gasteiger partial charge in [-0.3, -0.25) is 9.59 Å². The van der Waals surface area contributed by atoms with E-state index < -0.39 is 0 Å². The SMILES string of the molecule is CCCC[C@@H]1C=CCN1C(=O)c1cccc(-c2ccc3c(c2)CC(=O)N3)c1. The van der Waals surface area contributed by atoms with E-state index in [-0.39, 0.29) is 17.9 Å². The Morgan fingerprint density at radius 3 is 2.89 bits per heavy atom. The van der Waals surface area contributed by atoms with E-state index >= 15 is 0 Å².